The van der Waals surface area contributed by atoms with E-state index in [4.69, 9.17) is 9.84 Å². The molecule has 1 saturated heterocycles. The average Bonchev–Trinajstić information content (AvgIpc) is 2.50. The number of nitrogens with zero attached hydrogens (tertiary/aromatic N) is 2. The lowest BCUT2D eigenvalue weighted by Gasteiger charge is -2.12. The molecule has 0 spiro atoms. The van der Waals surface area contributed by atoms with Crippen LogP contribution in [-0.4, -0.2) is 50.2 Å². The van der Waals surface area contributed by atoms with Gasteiger partial charge in [0.05, 0.1) is 12.3 Å². The molecule has 92 valence electrons. The molecule has 0 amide bonds. The summed E-state index contributed by atoms with van der Waals surface area (Å²) in [5.41, 5.74) is -0.530. The van der Waals surface area contributed by atoms with E-state index < -0.39 is 36.7 Å². The van der Waals surface area contributed by atoms with Crippen LogP contribution in [0.1, 0.15) is 11.8 Å². The Morgan fingerprint density at radius 2 is 2.12 bits per heavy atom. The average molecular weight is 240 g/mol. The summed E-state index contributed by atoms with van der Waals surface area (Å²) in [6.45, 7) is -0.420. The molecule has 0 saturated carbocycles. The van der Waals surface area contributed by atoms with Crippen LogP contribution in [-0.2, 0) is 4.74 Å². The summed E-state index contributed by atoms with van der Waals surface area (Å²) in [6.07, 6.45) is -2.99. The van der Waals surface area contributed by atoms with Crippen molar-refractivity contribution in [1.82, 2.24) is 9.97 Å². The van der Waals surface area contributed by atoms with E-state index in [0.717, 1.165) is 0 Å². The van der Waals surface area contributed by atoms with Crippen LogP contribution in [0.4, 0.5) is 0 Å². The number of rotatable bonds is 2. The van der Waals surface area contributed by atoms with Crippen molar-refractivity contribution in [2.24, 2.45) is 0 Å². The van der Waals surface area contributed by atoms with E-state index in [-0.39, 0.29) is 5.69 Å². The molecule has 1 fully saturated rings. The van der Waals surface area contributed by atoms with Crippen LogP contribution in [0.2, 0.25) is 0 Å². The molecule has 2 heterocycles. The van der Waals surface area contributed by atoms with Crippen molar-refractivity contribution >= 4 is 0 Å². The second kappa shape index (κ2) is 4.84. The Labute approximate surface area is 96.4 Å². The van der Waals surface area contributed by atoms with Gasteiger partial charge in [-0.25, -0.2) is 9.78 Å². The van der Waals surface area contributed by atoms with E-state index in [1.807, 2.05) is 0 Å². The van der Waals surface area contributed by atoms with Crippen LogP contribution in [0.25, 0.3) is 0 Å². The highest BCUT2D eigenvalue weighted by molar-refractivity contribution is 5.09. The third kappa shape index (κ3) is 2.32. The monoisotopic (exact) mass is 240 g/mol. The Morgan fingerprint density at radius 1 is 1.35 bits per heavy atom. The fourth-order valence-corrected chi connectivity index (χ4v) is 1.73. The molecular weight excluding hydrogens is 228 g/mol. The van der Waals surface area contributed by atoms with E-state index in [2.05, 4.69) is 9.97 Å². The molecule has 4 atom stereocenters. The van der Waals surface area contributed by atoms with Crippen molar-refractivity contribution in [3.8, 4) is 0 Å². The smallest absolute Gasteiger partial charge is 0.367 e. The minimum atomic E-state index is -1.23. The first kappa shape index (κ1) is 12.1. The number of hydrogen-bond donors (Lipinski definition) is 3. The molecule has 0 aromatic carbocycles. The second-order valence-electron chi connectivity index (χ2n) is 3.72. The molecule has 17 heavy (non-hydrogen) atoms. The number of aromatic nitrogens is 2. The maximum Gasteiger partial charge on any atom is 0.367 e. The van der Waals surface area contributed by atoms with Crippen molar-refractivity contribution in [3.05, 3.63) is 34.5 Å². The molecule has 1 aromatic rings. The van der Waals surface area contributed by atoms with E-state index in [9.17, 15) is 15.0 Å². The molecule has 1 aromatic heterocycles. The summed E-state index contributed by atoms with van der Waals surface area (Å²) in [5.74, 6) is 0. The summed E-state index contributed by atoms with van der Waals surface area (Å²) in [7, 11) is 0. The number of ether oxygens (including phenoxy) is 1. The summed E-state index contributed by atoms with van der Waals surface area (Å²) < 4.78 is 5.24. The predicted octanol–water partition coefficient (Wildman–Crippen LogP) is -2.01. The quantitative estimate of drug-likeness (QED) is 0.547. The Bertz CT molecular complexity index is 455. The first-order valence-corrected chi connectivity index (χ1v) is 5.09. The Kier molecular flexibility index (Phi) is 3.43. The Hall–Kier alpha value is -1.41. The molecule has 0 bridgehead atoms. The van der Waals surface area contributed by atoms with Gasteiger partial charge in [0.1, 0.15) is 24.4 Å². The van der Waals surface area contributed by atoms with Crippen molar-refractivity contribution in [1.29, 1.82) is 0 Å². The molecule has 7 nitrogen and oxygen atoms in total. The standard InChI is InChI=1S/C10H12N2O5/c13-4-6-7(14)8(15)9(17-6)5-2-1-3-11-10(16)12-5/h1-3,6-9,13-15H,4H2/t6-,7-,8-,9+/m1/s1. The van der Waals surface area contributed by atoms with Crippen LogP contribution in [0.5, 0.6) is 0 Å². The highest BCUT2D eigenvalue weighted by Gasteiger charge is 2.43. The minimum absolute atomic E-state index is 0.176. The molecule has 2 rings (SSSR count). The van der Waals surface area contributed by atoms with E-state index in [1.54, 1.807) is 0 Å². The normalized spacial score (nSPS) is 32.6. The van der Waals surface area contributed by atoms with Crippen molar-refractivity contribution in [3.63, 3.8) is 0 Å². The molecule has 7 heteroatoms. The Balaban J connectivity index is 2.32. The summed E-state index contributed by atoms with van der Waals surface area (Å²) in [6, 6.07) is 2.95. The van der Waals surface area contributed by atoms with E-state index in [0.29, 0.717) is 0 Å². The summed E-state index contributed by atoms with van der Waals surface area (Å²) in [5, 5.41) is 28.2. The third-order valence-corrected chi connectivity index (χ3v) is 2.60. The van der Waals surface area contributed by atoms with Crippen molar-refractivity contribution in [2.45, 2.75) is 24.4 Å². The number of aliphatic hydroxyl groups excluding tert-OH is 3. The first-order valence-electron chi connectivity index (χ1n) is 5.09. The lowest BCUT2D eigenvalue weighted by molar-refractivity contribution is -0.0239. The molecule has 0 aliphatic carbocycles. The fourth-order valence-electron chi connectivity index (χ4n) is 1.73. The molecule has 1 aliphatic rings. The molecule has 0 unspecified atom stereocenters. The third-order valence-electron chi connectivity index (χ3n) is 2.60. The second-order valence-corrected chi connectivity index (χ2v) is 3.72. The first-order chi connectivity index (χ1) is 8.13. The van der Waals surface area contributed by atoms with Gasteiger partial charge in [-0.3, -0.25) is 0 Å². The van der Waals surface area contributed by atoms with Gasteiger partial charge in [-0.2, -0.15) is 4.98 Å². The lowest BCUT2D eigenvalue weighted by atomic mass is 10.1. The van der Waals surface area contributed by atoms with Crippen LogP contribution in [0, 0.1) is 0 Å². The van der Waals surface area contributed by atoms with E-state index >= 15 is 0 Å². The van der Waals surface area contributed by atoms with Gasteiger partial charge in [0.25, 0.3) is 0 Å². The zero-order valence-electron chi connectivity index (χ0n) is 8.80. The molecule has 1 aliphatic heterocycles. The maximum atomic E-state index is 11.1. The largest absolute Gasteiger partial charge is 0.394 e. The van der Waals surface area contributed by atoms with Crippen LogP contribution >= 0.6 is 0 Å². The van der Waals surface area contributed by atoms with Gasteiger partial charge in [0.15, 0.2) is 0 Å². The maximum absolute atomic E-state index is 11.1. The van der Waals surface area contributed by atoms with Gasteiger partial charge >= 0.3 is 5.69 Å². The van der Waals surface area contributed by atoms with Gasteiger partial charge in [-0.15, -0.1) is 0 Å². The van der Waals surface area contributed by atoms with Crippen LogP contribution in [0.15, 0.2) is 23.1 Å². The fraction of sp³-hybridized carbons (Fsp3) is 0.500. The zero-order chi connectivity index (χ0) is 12.4. The molecule has 0 radical (unpaired) electrons. The van der Waals surface area contributed by atoms with Crippen LogP contribution in [0.3, 0.4) is 0 Å². The summed E-state index contributed by atoms with van der Waals surface area (Å²) >= 11 is 0. The van der Waals surface area contributed by atoms with Gasteiger partial charge in [-0.05, 0) is 12.1 Å². The molecule has 3 N–H and O–H groups in total. The van der Waals surface area contributed by atoms with Crippen LogP contribution < -0.4 is 5.69 Å². The van der Waals surface area contributed by atoms with Gasteiger partial charge in [0, 0.05) is 6.20 Å². The lowest BCUT2D eigenvalue weighted by Crippen LogP contribution is -2.32. The SMILES string of the molecule is O=c1ncccc([C@@H]2O[C@H](CO)[C@@H](O)[C@H]2O)n1. The Morgan fingerprint density at radius 3 is 2.76 bits per heavy atom. The predicted molar refractivity (Wildman–Crippen MR) is 55.0 cm³/mol. The number of aliphatic hydroxyl groups is 3. The molecular formula is C10H12N2O5. The zero-order valence-corrected chi connectivity index (χ0v) is 8.80. The van der Waals surface area contributed by atoms with Gasteiger partial charge in [-0.1, -0.05) is 0 Å². The van der Waals surface area contributed by atoms with Crippen molar-refractivity contribution < 1.29 is 20.1 Å². The number of hydrogen-bond acceptors (Lipinski definition) is 7. The summed E-state index contributed by atoms with van der Waals surface area (Å²) in [4.78, 5) is 18.2. The highest BCUT2D eigenvalue weighted by Crippen LogP contribution is 2.31. The van der Waals surface area contributed by atoms with Gasteiger partial charge < -0.3 is 20.1 Å². The minimum Gasteiger partial charge on any atom is -0.394 e. The topological polar surface area (TPSA) is 113 Å². The van der Waals surface area contributed by atoms with E-state index in [1.165, 1.54) is 18.3 Å². The van der Waals surface area contributed by atoms with Gasteiger partial charge in [0.2, 0.25) is 0 Å². The highest BCUT2D eigenvalue weighted by atomic mass is 16.6. The van der Waals surface area contributed by atoms with Crippen molar-refractivity contribution in [2.75, 3.05) is 6.61 Å².